The number of hydrogen-bond acceptors (Lipinski definition) is 2. The lowest BCUT2D eigenvalue weighted by molar-refractivity contribution is 0.298. The van der Waals surface area contributed by atoms with Crippen LogP contribution >= 0.6 is 0 Å². The minimum Gasteiger partial charge on any atom is -0.493 e. The topological polar surface area (TPSA) is 27.1 Å². The average molecular weight is 336 g/mol. The van der Waals surface area contributed by atoms with Gasteiger partial charge in [-0.1, -0.05) is 51.1 Å². The number of para-hydroxylation sites is 3. The van der Waals surface area contributed by atoms with E-state index in [0.717, 1.165) is 30.7 Å². The number of rotatable bonds is 6. The summed E-state index contributed by atoms with van der Waals surface area (Å²) in [5.74, 6) is 2.15. The second-order valence-electron chi connectivity index (χ2n) is 7.87. The van der Waals surface area contributed by atoms with Gasteiger partial charge in [-0.15, -0.1) is 0 Å². The fraction of sp³-hybridized carbons (Fsp3) is 0.409. The first-order valence-electron chi connectivity index (χ1n) is 9.07. The van der Waals surface area contributed by atoms with Gasteiger partial charge >= 0.3 is 0 Å². The summed E-state index contributed by atoms with van der Waals surface area (Å²) in [6.45, 7) is 10.5. The molecular weight excluding hydrogens is 308 g/mol. The van der Waals surface area contributed by atoms with E-state index in [1.807, 2.05) is 18.2 Å². The van der Waals surface area contributed by atoms with Crippen molar-refractivity contribution in [2.24, 2.45) is 5.41 Å². The number of benzene rings is 2. The quantitative estimate of drug-likeness (QED) is 0.563. The summed E-state index contributed by atoms with van der Waals surface area (Å²) >= 11 is 0. The van der Waals surface area contributed by atoms with Crippen molar-refractivity contribution < 1.29 is 4.74 Å². The standard InChI is InChI=1S/C22H28N2O/c1-17-10-5-8-13-20(17)25-15-9-14-24-19-12-7-6-11-18(19)23-21(24)16-22(2,3)4/h5-8,10-13H,9,14-16H2,1-4H3. The van der Waals surface area contributed by atoms with E-state index in [-0.39, 0.29) is 5.41 Å². The number of aryl methyl sites for hydroxylation is 2. The van der Waals surface area contributed by atoms with Crippen molar-refractivity contribution in [2.45, 2.75) is 47.1 Å². The number of imidazole rings is 1. The molecule has 1 heterocycles. The van der Waals surface area contributed by atoms with Crippen molar-refractivity contribution in [1.82, 2.24) is 9.55 Å². The molecule has 0 N–H and O–H groups in total. The molecule has 0 spiro atoms. The van der Waals surface area contributed by atoms with Gasteiger partial charge in [0.1, 0.15) is 11.6 Å². The number of ether oxygens (including phenoxy) is 1. The molecule has 0 unspecified atom stereocenters. The zero-order valence-corrected chi connectivity index (χ0v) is 15.7. The second-order valence-corrected chi connectivity index (χ2v) is 7.87. The van der Waals surface area contributed by atoms with Gasteiger partial charge in [0.2, 0.25) is 0 Å². The SMILES string of the molecule is Cc1ccccc1OCCCn1c(CC(C)(C)C)nc2ccccc21. The molecule has 132 valence electrons. The lowest BCUT2D eigenvalue weighted by atomic mass is 9.92. The molecule has 0 bridgehead atoms. The molecule has 0 fully saturated rings. The fourth-order valence-electron chi connectivity index (χ4n) is 3.11. The molecule has 0 radical (unpaired) electrons. The number of aromatic nitrogens is 2. The van der Waals surface area contributed by atoms with Crippen LogP contribution in [0.15, 0.2) is 48.5 Å². The highest BCUT2D eigenvalue weighted by Gasteiger charge is 2.17. The predicted octanol–water partition coefficient (Wildman–Crippen LogP) is 5.40. The lowest BCUT2D eigenvalue weighted by Crippen LogP contribution is -2.15. The van der Waals surface area contributed by atoms with Crippen molar-refractivity contribution >= 4 is 11.0 Å². The molecule has 0 aliphatic carbocycles. The van der Waals surface area contributed by atoms with Crippen molar-refractivity contribution in [3.8, 4) is 5.75 Å². The van der Waals surface area contributed by atoms with Crippen LogP contribution in [0.4, 0.5) is 0 Å². The highest BCUT2D eigenvalue weighted by molar-refractivity contribution is 5.75. The van der Waals surface area contributed by atoms with E-state index < -0.39 is 0 Å². The molecule has 2 aromatic carbocycles. The maximum Gasteiger partial charge on any atom is 0.122 e. The Balaban J connectivity index is 1.71. The van der Waals surface area contributed by atoms with Gasteiger partial charge in [-0.2, -0.15) is 0 Å². The summed E-state index contributed by atoms with van der Waals surface area (Å²) in [5.41, 5.74) is 3.71. The van der Waals surface area contributed by atoms with E-state index in [4.69, 9.17) is 9.72 Å². The molecule has 0 aliphatic rings. The molecule has 0 aliphatic heterocycles. The van der Waals surface area contributed by atoms with Crippen LogP contribution in [-0.4, -0.2) is 16.2 Å². The van der Waals surface area contributed by atoms with E-state index in [2.05, 4.69) is 62.6 Å². The molecule has 0 atom stereocenters. The Kier molecular flexibility index (Phi) is 5.12. The van der Waals surface area contributed by atoms with Gasteiger partial charge in [-0.25, -0.2) is 4.98 Å². The first kappa shape index (κ1) is 17.5. The minimum atomic E-state index is 0.219. The zero-order chi connectivity index (χ0) is 17.9. The summed E-state index contributed by atoms with van der Waals surface area (Å²) in [7, 11) is 0. The molecule has 0 saturated heterocycles. The molecule has 0 saturated carbocycles. The third-order valence-corrected chi connectivity index (χ3v) is 4.30. The summed E-state index contributed by atoms with van der Waals surface area (Å²) in [5, 5.41) is 0. The maximum absolute atomic E-state index is 5.95. The number of hydrogen-bond donors (Lipinski definition) is 0. The van der Waals surface area contributed by atoms with E-state index in [1.165, 1.54) is 16.9 Å². The number of fused-ring (bicyclic) bond motifs is 1. The van der Waals surface area contributed by atoms with Gasteiger partial charge in [-0.3, -0.25) is 0 Å². The van der Waals surface area contributed by atoms with Gasteiger partial charge in [0.25, 0.3) is 0 Å². The normalized spacial score (nSPS) is 11.8. The third-order valence-electron chi connectivity index (χ3n) is 4.30. The summed E-state index contributed by atoms with van der Waals surface area (Å²) in [6, 6.07) is 16.6. The second kappa shape index (κ2) is 7.30. The Labute approximate surface area is 150 Å². The van der Waals surface area contributed by atoms with E-state index in [0.29, 0.717) is 6.61 Å². The highest BCUT2D eigenvalue weighted by Crippen LogP contribution is 2.24. The zero-order valence-electron chi connectivity index (χ0n) is 15.7. The van der Waals surface area contributed by atoms with Crippen molar-refractivity contribution in [2.75, 3.05) is 6.61 Å². The van der Waals surface area contributed by atoms with Crippen molar-refractivity contribution in [3.05, 3.63) is 59.9 Å². The first-order chi connectivity index (χ1) is 11.9. The van der Waals surface area contributed by atoms with Crippen LogP contribution in [0.2, 0.25) is 0 Å². The molecule has 3 rings (SSSR count). The van der Waals surface area contributed by atoms with Crippen molar-refractivity contribution in [1.29, 1.82) is 0 Å². The van der Waals surface area contributed by atoms with Crippen LogP contribution in [0.3, 0.4) is 0 Å². The van der Waals surface area contributed by atoms with Crippen LogP contribution in [-0.2, 0) is 13.0 Å². The van der Waals surface area contributed by atoms with Crippen LogP contribution in [0, 0.1) is 12.3 Å². The molecule has 1 aromatic heterocycles. The first-order valence-corrected chi connectivity index (χ1v) is 9.07. The number of nitrogens with zero attached hydrogens (tertiary/aromatic N) is 2. The lowest BCUT2D eigenvalue weighted by Gasteiger charge is -2.19. The van der Waals surface area contributed by atoms with Crippen LogP contribution < -0.4 is 4.74 Å². The summed E-state index contributed by atoms with van der Waals surface area (Å²) in [4.78, 5) is 4.87. The minimum absolute atomic E-state index is 0.219. The molecule has 25 heavy (non-hydrogen) atoms. The fourth-order valence-corrected chi connectivity index (χ4v) is 3.11. The average Bonchev–Trinajstić information content (AvgIpc) is 2.88. The Morgan fingerprint density at radius 2 is 1.72 bits per heavy atom. The van der Waals surface area contributed by atoms with Gasteiger partial charge in [0, 0.05) is 13.0 Å². The van der Waals surface area contributed by atoms with E-state index in [9.17, 15) is 0 Å². The van der Waals surface area contributed by atoms with E-state index in [1.54, 1.807) is 0 Å². The van der Waals surface area contributed by atoms with Crippen LogP contribution in [0.5, 0.6) is 5.75 Å². The van der Waals surface area contributed by atoms with E-state index >= 15 is 0 Å². The Bertz CT molecular complexity index is 843. The van der Waals surface area contributed by atoms with Gasteiger partial charge in [0.15, 0.2) is 0 Å². The van der Waals surface area contributed by atoms with Gasteiger partial charge in [0.05, 0.1) is 17.6 Å². The van der Waals surface area contributed by atoms with Crippen LogP contribution in [0.25, 0.3) is 11.0 Å². The van der Waals surface area contributed by atoms with Gasteiger partial charge in [-0.05, 0) is 42.5 Å². The molecule has 0 amide bonds. The molecule has 3 aromatic rings. The molecule has 3 nitrogen and oxygen atoms in total. The third kappa shape index (κ3) is 4.41. The predicted molar refractivity (Wildman–Crippen MR) is 104 cm³/mol. The molecule has 3 heteroatoms. The monoisotopic (exact) mass is 336 g/mol. The Hall–Kier alpha value is -2.29. The summed E-state index contributed by atoms with van der Waals surface area (Å²) in [6.07, 6.45) is 1.94. The molecular formula is C22H28N2O. The maximum atomic E-state index is 5.95. The summed E-state index contributed by atoms with van der Waals surface area (Å²) < 4.78 is 8.32. The van der Waals surface area contributed by atoms with Gasteiger partial charge < -0.3 is 9.30 Å². The highest BCUT2D eigenvalue weighted by atomic mass is 16.5. The Morgan fingerprint density at radius 1 is 1.00 bits per heavy atom. The smallest absolute Gasteiger partial charge is 0.122 e. The Morgan fingerprint density at radius 3 is 2.48 bits per heavy atom. The van der Waals surface area contributed by atoms with Crippen LogP contribution in [0.1, 0.15) is 38.6 Å². The van der Waals surface area contributed by atoms with Crippen molar-refractivity contribution in [3.63, 3.8) is 0 Å². The largest absolute Gasteiger partial charge is 0.493 e.